The van der Waals surface area contributed by atoms with Gasteiger partial charge in [-0.3, -0.25) is 9.59 Å². The van der Waals surface area contributed by atoms with E-state index in [0.717, 1.165) is 16.2 Å². The lowest BCUT2D eigenvalue weighted by molar-refractivity contribution is 0.0515. The van der Waals surface area contributed by atoms with E-state index in [4.69, 9.17) is 9.26 Å². The number of nitrogens with zero attached hydrogens (tertiary/aromatic N) is 3. The van der Waals surface area contributed by atoms with Crippen LogP contribution in [0.4, 0.5) is 0 Å². The predicted molar refractivity (Wildman–Crippen MR) is 108 cm³/mol. The number of thiophene rings is 1. The van der Waals surface area contributed by atoms with Gasteiger partial charge in [0, 0.05) is 38.7 Å². The number of carbonyl (C=O) groups excluding carboxylic acids is 2. The van der Waals surface area contributed by atoms with Crippen LogP contribution in [0.1, 0.15) is 31.5 Å². The Morgan fingerprint density at radius 3 is 2.52 bits per heavy atom. The van der Waals surface area contributed by atoms with Gasteiger partial charge in [0.2, 0.25) is 5.76 Å². The summed E-state index contributed by atoms with van der Waals surface area (Å²) in [5.41, 5.74) is 1.71. The fraction of sp³-hybridized carbons (Fsp3) is 0.286. The molecule has 7 nitrogen and oxygen atoms in total. The highest BCUT2D eigenvalue weighted by Crippen LogP contribution is 2.18. The molecule has 4 rings (SSSR count). The monoisotopic (exact) mass is 411 g/mol. The van der Waals surface area contributed by atoms with E-state index < -0.39 is 0 Å². The molecule has 8 heteroatoms. The first kappa shape index (κ1) is 19.2. The molecule has 0 atom stereocenters. The van der Waals surface area contributed by atoms with Gasteiger partial charge >= 0.3 is 0 Å². The number of methoxy groups -OCH3 is 1. The molecule has 1 fully saturated rings. The van der Waals surface area contributed by atoms with E-state index in [1.54, 1.807) is 23.0 Å². The van der Waals surface area contributed by atoms with Crippen molar-refractivity contribution in [1.82, 2.24) is 15.0 Å². The lowest BCUT2D eigenvalue weighted by Crippen LogP contribution is -2.50. The van der Waals surface area contributed by atoms with Gasteiger partial charge in [0.05, 0.1) is 17.7 Å². The van der Waals surface area contributed by atoms with Crippen LogP contribution in [0.25, 0.3) is 0 Å². The topological polar surface area (TPSA) is 75.9 Å². The summed E-state index contributed by atoms with van der Waals surface area (Å²) < 4.78 is 10.5. The van der Waals surface area contributed by atoms with Crippen LogP contribution in [-0.4, -0.2) is 60.1 Å². The molecule has 0 aliphatic carbocycles. The molecule has 0 N–H and O–H groups in total. The first-order valence-electron chi connectivity index (χ1n) is 9.34. The predicted octanol–water partition coefficient (Wildman–Crippen LogP) is 2.93. The van der Waals surface area contributed by atoms with E-state index in [2.05, 4.69) is 5.16 Å². The molecule has 0 radical (unpaired) electrons. The van der Waals surface area contributed by atoms with Crippen LogP contribution in [0.5, 0.6) is 5.75 Å². The minimum absolute atomic E-state index is 0.0207. The van der Waals surface area contributed by atoms with Crippen LogP contribution in [0.2, 0.25) is 0 Å². The molecule has 1 aromatic carbocycles. The summed E-state index contributed by atoms with van der Waals surface area (Å²) in [6.45, 7) is 1.96. The number of rotatable bonds is 5. The molecule has 3 aromatic rings. The highest BCUT2D eigenvalue weighted by Gasteiger charge is 2.27. The van der Waals surface area contributed by atoms with Crippen molar-refractivity contribution in [3.63, 3.8) is 0 Å². The van der Waals surface area contributed by atoms with Gasteiger partial charge in [-0.05, 0) is 29.1 Å². The van der Waals surface area contributed by atoms with E-state index in [0.29, 0.717) is 38.3 Å². The van der Waals surface area contributed by atoms with Gasteiger partial charge in [-0.2, -0.15) is 0 Å². The van der Waals surface area contributed by atoms with Crippen LogP contribution in [0, 0.1) is 0 Å². The van der Waals surface area contributed by atoms with Gasteiger partial charge in [0.1, 0.15) is 5.75 Å². The number of carbonyl (C=O) groups is 2. The van der Waals surface area contributed by atoms with Crippen LogP contribution in [-0.2, 0) is 6.42 Å². The number of hydrogen-bond acceptors (Lipinski definition) is 6. The third-order valence-corrected chi connectivity index (χ3v) is 5.73. The third kappa shape index (κ3) is 4.32. The third-order valence-electron chi connectivity index (χ3n) is 4.88. The largest absolute Gasteiger partial charge is 0.497 e. The molecule has 1 saturated heterocycles. The van der Waals surface area contributed by atoms with Crippen LogP contribution in [0.3, 0.4) is 0 Å². The molecule has 0 bridgehead atoms. The molecule has 29 heavy (non-hydrogen) atoms. The summed E-state index contributed by atoms with van der Waals surface area (Å²) in [4.78, 5) is 29.4. The number of ether oxygens (including phenoxy) is 1. The Kier molecular flexibility index (Phi) is 5.62. The van der Waals surface area contributed by atoms with Gasteiger partial charge in [-0.15, -0.1) is 11.3 Å². The molecule has 2 aromatic heterocycles. The lowest BCUT2D eigenvalue weighted by Gasteiger charge is -2.34. The standard InChI is InChI=1S/C21H21N3O4S/c1-27-17-5-2-4-15(13-17)12-16-14-18(28-22-16)20(25)23-7-9-24(10-8-23)21(26)19-6-3-11-29-19/h2-6,11,13-14H,7-10,12H2,1H3. The van der Waals surface area contributed by atoms with Crippen molar-refractivity contribution in [3.8, 4) is 5.75 Å². The van der Waals surface area contributed by atoms with Crippen LogP contribution < -0.4 is 4.74 Å². The zero-order valence-electron chi connectivity index (χ0n) is 16.0. The Balaban J connectivity index is 1.35. The van der Waals surface area contributed by atoms with Crippen molar-refractivity contribution >= 4 is 23.2 Å². The van der Waals surface area contributed by atoms with Crippen molar-refractivity contribution in [2.75, 3.05) is 33.3 Å². The van der Waals surface area contributed by atoms with Gasteiger partial charge in [-0.1, -0.05) is 23.4 Å². The van der Waals surface area contributed by atoms with Crippen molar-refractivity contribution in [1.29, 1.82) is 0 Å². The molecule has 2 amide bonds. The first-order valence-corrected chi connectivity index (χ1v) is 10.2. The van der Waals surface area contributed by atoms with E-state index >= 15 is 0 Å². The zero-order valence-corrected chi connectivity index (χ0v) is 16.9. The number of amides is 2. The summed E-state index contributed by atoms with van der Waals surface area (Å²) in [7, 11) is 1.62. The van der Waals surface area contributed by atoms with Crippen LogP contribution >= 0.6 is 11.3 Å². The molecular weight excluding hydrogens is 390 g/mol. The van der Waals surface area contributed by atoms with E-state index in [1.807, 2.05) is 41.8 Å². The molecule has 0 spiro atoms. The maximum absolute atomic E-state index is 12.7. The normalized spacial score (nSPS) is 14.1. The van der Waals surface area contributed by atoms with Crippen molar-refractivity contribution in [3.05, 3.63) is 69.7 Å². The fourth-order valence-electron chi connectivity index (χ4n) is 3.31. The number of benzene rings is 1. The Morgan fingerprint density at radius 2 is 1.83 bits per heavy atom. The zero-order chi connectivity index (χ0) is 20.2. The van der Waals surface area contributed by atoms with E-state index in [9.17, 15) is 9.59 Å². The second kappa shape index (κ2) is 8.48. The molecule has 0 saturated carbocycles. The summed E-state index contributed by atoms with van der Waals surface area (Å²) in [6, 6.07) is 13.1. The van der Waals surface area contributed by atoms with Crippen molar-refractivity contribution in [2.45, 2.75) is 6.42 Å². The average molecular weight is 411 g/mol. The SMILES string of the molecule is COc1cccc(Cc2cc(C(=O)N3CCN(C(=O)c4cccs4)CC3)on2)c1. The molecular formula is C21H21N3O4S. The Hall–Kier alpha value is -3.13. The minimum atomic E-state index is -0.197. The molecule has 1 aliphatic heterocycles. The summed E-state index contributed by atoms with van der Waals surface area (Å²) in [5.74, 6) is 0.822. The number of hydrogen-bond donors (Lipinski definition) is 0. The maximum Gasteiger partial charge on any atom is 0.292 e. The van der Waals surface area contributed by atoms with Crippen molar-refractivity contribution < 1.29 is 18.8 Å². The Morgan fingerprint density at radius 1 is 1.07 bits per heavy atom. The number of aromatic nitrogens is 1. The molecule has 0 unspecified atom stereocenters. The first-order chi connectivity index (χ1) is 14.1. The molecule has 1 aliphatic rings. The summed E-state index contributed by atoms with van der Waals surface area (Å²) in [5, 5.41) is 5.92. The van der Waals surface area contributed by atoms with Gasteiger partial charge in [0.25, 0.3) is 11.8 Å². The van der Waals surface area contributed by atoms with E-state index in [-0.39, 0.29) is 17.6 Å². The lowest BCUT2D eigenvalue weighted by atomic mass is 10.1. The van der Waals surface area contributed by atoms with Crippen molar-refractivity contribution in [2.24, 2.45) is 0 Å². The maximum atomic E-state index is 12.7. The highest BCUT2D eigenvalue weighted by molar-refractivity contribution is 7.12. The minimum Gasteiger partial charge on any atom is -0.497 e. The second-order valence-electron chi connectivity index (χ2n) is 6.77. The Bertz CT molecular complexity index is 991. The fourth-order valence-corrected chi connectivity index (χ4v) is 4.00. The van der Waals surface area contributed by atoms with Gasteiger partial charge in [-0.25, -0.2) is 0 Å². The molecule has 3 heterocycles. The van der Waals surface area contributed by atoms with E-state index in [1.165, 1.54) is 11.3 Å². The quantitative estimate of drug-likeness (QED) is 0.645. The number of piperazine rings is 1. The molecule has 150 valence electrons. The van der Waals surface area contributed by atoms with Gasteiger partial charge < -0.3 is 19.1 Å². The average Bonchev–Trinajstić information content (AvgIpc) is 3.45. The smallest absolute Gasteiger partial charge is 0.292 e. The van der Waals surface area contributed by atoms with Gasteiger partial charge in [0.15, 0.2) is 0 Å². The summed E-state index contributed by atoms with van der Waals surface area (Å²) >= 11 is 1.43. The second-order valence-corrected chi connectivity index (χ2v) is 7.72. The Labute approximate surface area is 172 Å². The summed E-state index contributed by atoms with van der Waals surface area (Å²) in [6.07, 6.45) is 0.553. The highest BCUT2D eigenvalue weighted by atomic mass is 32.1. The van der Waals surface area contributed by atoms with Crippen LogP contribution in [0.15, 0.2) is 52.4 Å².